The van der Waals surface area contributed by atoms with Crippen LogP contribution in [0.15, 0.2) is 35.9 Å². The van der Waals surface area contributed by atoms with Crippen LogP contribution < -0.4 is 0 Å². The summed E-state index contributed by atoms with van der Waals surface area (Å²) in [5.41, 5.74) is 1.91. The van der Waals surface area contributed by atoms with Gasteiger partial charge in [-0.2, -0.15) is 0 Å². The summed E-state index contributed by atoms with van der Waals surface area (Å²) in [6, 6.07) is 9.09. The molecule has 0 fully saturated rings. The first kappa shape index (κ1) is 15.3. The van der Waals surface area contributed by atoms with Crippen LogP contribution in [0.2, 0.25) is 0 Å². The quantitative estimate of drug-likeness (QED) is 0.551. The van der Waals surface area contributed by atoms with Crippen LogP contribution in [0.3, 0.4) is 0 Å². The zero-order valence-corrected chi connectivity index (χ0v) is 12.0. The molecule has 1 aromatic rings. The van der Waals surface area contributed by atoms with Crippen molar-refractivity contribution in [1.29, 1.82) is 0 Å². The van der Waals surface area contributed by atoms with E-state index in [1.54, 1.807) is 26.0 Å². The molecule has 0 atom stereocenters. The van der Waals surface area contributed by atoms with Gasteiger partial charge in [0.2, 0.25) is 0 Å². The first-order chi connectivity index (χ1) is 8.65. The van der Waals surface area contributed by atoms with Crippen molar-refractivity contribution in [3.63, 3.8) is 0 Å². The Morgan fingerprint density at radius 1 is 1.22 bits per heavy atom. The van der Waals surface area contributed by atoms with Gasteiger partial charge in [0.1, 0.15) is 5.76 Å². The number of rotatable bonds is 7. The highest BCUT2D eigenvalue weighted by atomic mass is 35.5. The van der Waals surface area contributed by atoms with Crippen LogP contribution in [0.5, 0.6) is 0 Å². The van der Waals surface area contributed by atoms with E-state index in [1.807, 2.05) is 18.2 Å². The monoisotopic (exact) mass is 290 g/mol. The van der Waals surface area contributed by atoms with Gasteiger partial charge in [0.25, 0.3) is 0 Å². The van der Waals surface area contributed by atoms with Gasteiger partial charge in [-0.15, -0.1) is 0 Å². The third-order valence-electron chi connectivity index (χ3n) is 1.94. The maximum absolute atomic E-state index is 12.2. The Balaban J connectivity index is 2.88. The predicted molar refractivity (Wildman–Crippen MR) is 72.2 cm³/mol. The van der Waals surface area contributed by atoms with Crippen molar-refractivity contribution in [3.05, 3.63) is 41.4 Å². The molecule has 0 bridgehead atoms. The lowest BCUT2D eigenvalue weighted by atomic mass is 10.2. The van der Waals surface area contributed by atoms with Crippen LogP contribution in [0.1, 0.15) is 19.4 Å². The molecule has 0 heterocycles. The second-order valence-electron chi connectivity index (χ2n) is 3.21. The first-order valence-electron chi connectivity index (χ1n) is 5.59. The second kappa shape index (κ2) is 7.59. The van der Waals surface area contributed by atoms with E-state index in [-0.39, 0.29) is 19.0 Å². The summed E-state index contributed by atoms with van der Waals surface area (Å²) in [5, 5.41) is 0. The molecule has 0 aliphatic heterocycles. The van der Waals surface area contributed by atoms with Crippen LogP contribution in [-0.4, -0.2) is 13.2 Å². The molecule has 0 aliphatic rings. The summed E-state index contributed by atoms with van der Waals surface area (Å²) in [6.07, 6.45) is 0. The Hall–Kier alpha value is -0.800. The molecule has 1 aromatic carbocycles. The SMILES string of the molecule is CCOP(=O)(OCC)OC(=CCl)c1ccccc1. The number of hydrogen-bond acceptors (Lipinski definition) is 4. The maximum atomic E-state index is 12.2. The van der Waals surface area contributed by atoms with Crippen molar-refractivity contribution in [1.82, 2.24) is 0 Å². The van der Waals surface area contributed by atoms with E-state index in [1.165, 1.54) is 5.54 Å². The van der Waals surface area contributed by atoms with E-state index in [0.717, 1.165) is 0 Å². The molecule has 4 nitrogen and oxygen atoms in total. The van der Waals surface area contributed by atoms with Crippen molar-refractivity contribution in [2.75, 3.05) is 13.2 Å². The maximum Gasteiger partial charge on any atom is 0.530 e. The molecule has 1 rings (SSSR count). The average Bonchev–Trinajstić information content (AvgIpc) is 2.38. The molecule has 6 heteroatoms. The summed E-state index contributed by atoms with van der Waals surface area (Å²) in [5.74, 6) is 0.252. The number of halogens is 1. The molecule has 0 saturated carbocycles. The van der Waals surface area contributed by atoms with E-state index in [2.05, 4.69) is 0 Å². The summed E-state index contributed by atoms with van der Waals surface area (Å²) in [7, 11) is -3.61. The summed E-state index contributed by atoms with van der Waals surface area (Å²) in [4.78, 5) is 0. The normalized spacial score (nSPS) is 12.5. The molecule has 0 amide bonds. The van der Waals surface area contributed by atoms with Gasteiger partial charge in [-0.05, 0) is 13.8 Å². The van der Waals surface area contributed by atoms with Gasteiger partial charge in [0, 0.05) is 11.1 Å². The van der Waals surface area contributed by atoms with Gasteiger partial charge in [-0.3, -0.25) is 9.05 Å². The summed E-state index contributed by atoms with van der Waals surface area (Å²) >= 11 is 5.69. The van der Waals surface area contributed by atoms with Crippen molar-refractivity contribution < 1.29 is 18.1 Å². The molecule has 0 radical (unpaired) electrons. The lowest BCUT2D eigenvalue weighted by Gasteiger charge is -2.18. The van der Waals surface area contributed by atoms with E-state index in [4.69, 9.17) is 25.2 Å². The van der Waals surface area contributed by atoms with Crippen LogP contribution in [0, 0.1) is 0 Å². The molecular formula is C12H16ClO4P. The highest BCUT2D eigenvalue weighted by molar-refractivity contribution is 7.48. The Morgan fingerprint density at radius 3 is 2.22 bits per heavy atom. The molecule has 0 saturated heterocycles. The molecule has 0 unspecified atom stereocenters. The average molecular weight is 291 g/mol. The predicted octanol–water partition coefficient (Wildman–Crippen LogP) is 4.42. The minimum Gasteiger partial charge on any atom is -0.402 e. The highest BCUT2D eigenvalue weighted by Gasteiger charge is 2.28. The molecule has 0 aliphatic carbocycles. The standard InChI is InChI=1S/C12H16ClO4P/c1-3-15-18(14,16-4-2)17-12(10-13)11-8-6-5-7-9-11/h5-10H,3-4H2,1-2H3. The van der Waals surface area contributed by atoms with Gasteiger partial charge in [-0.1, -0.05) is 41.9 Å². The van der Waals surface area contributed by atoms with Crippen LogP contribution in [-0.2, 0) is 18.1 Å². The zero-order valence-electron chi connectivity index (χ0n) is 10.3. The van der Waals surface area contributed by atoms with Crippen molar-refractivity contribution in [3.8, 4) is 0 Å². The van der Waals surface area contributed by atoms with Gasteiger partial charge < -0.3 is 4.52 Å². The Morgan fingerprint density at radius 2 is 1.78 bits per heavy atom. The first-order valence-corrected chi connectivity index (χ1v) is 7.49. The summed E-state index contributed by atoms with van der Waals surface area (Å²) in [6.45, 7) is 3.87. The Kier molecular flexibility index (Phi) is 6.44. The minimum absolute atomic E-state index is 0.224. The van der Waals surface area contributed by atoms with E-state index in [0.29, 0.717) is 5.56 Å². The minimum atomic E-state index is -3.61. The largest absolute Gasteiger partial charge is 0.530 e. The van der Waals surface area contributed by atoms with Crippen molar-refractivity contribution >= 4 is 25.2 Å². The smallest absolute Gasteiger partial charge is 0.402 e. The molecule has 100 valence electrons. The number of phosphoric ester groups is 1. The fraction of sp³-hybridized carbons (Fsp3) is 0.333. The number of benzene rings is 1. The lowest BCUT2D eigenvalue weighted by Crippen LogP contribution is -2.00. The fourth-order valence-corrected chi connectivity index (χ4v) is 2.71. The molecule has 0 N–H and O–H groups in total. The third-order valence-corrected chi connectivity index (χ3v) is 3.71. The fourth-order valence-electron chi connectivity index (χ4n) is 1.26. The summed E-state index contributed by atoms with van der Waals surface area (Å²) < 4.78 is 27.6. The third kappa shape index (κ3) is 4.46. The van der Waals surface area contributed by atoms with Gasteiger partial charge >= 0.3 is 7.82 Å². The Bertz CT molecular complexity index is 423. The van der Waals surface area contributed by atoms with Crippen LogP contribution >= 0.6 is 19.4 Å². The topological polar surface area (TPSA) is 44.8 Å². The van der Waals surface area contributed by atoms with Crippen molar-refractivity contribution in [2.24, 2.45) is 0 Å². The molecular weight excluding hydrogens is 275 g/mol. The van der Waals surface area contributed by atoms with Gasteiger partial charge in [0.15, 0.2) is 0 Å². The van der Waals surface area contributed by atoms with Gasteiger partial charge in [-0.25, -0.2) is 4.57 Å². The van der Waals surface area contributed by atoms with Crippen LogP contribution in [0.25, 0.3) is 5.76 Å². The lowest BCUT2D eigenvalue weighted by molar-refractivity contribution is 0.159. The molecule has 0 aromatic heterocycles. The second-order valence-corrected chi connectivity index (χ2v) is 5.03. The Labute approximate surface area is 112 Å². The van der Waals surface area contributed by atoms with Crippen molar-refractivity contribution in [2.45, 2.75) is 13.8 Å². The molecule has 0 spiro atoms. The number of phosphoric acid groups is 1. The van der Waals surface area contributed by atoms with E-state index in [9.17, 15) is 4.57 Å². The van der Waals surface area contributed by atoms with E-state index >= 15 is 0 Å². The van der Waals surface area contributed by atoms with Gasteiger partial charge in [0.05, 0.1) is 13.2 Å². The molecule has 18 heavy (non-hydrogen) atoms. The zero-order chi connectivity index (χ0) is 13.4. The van der Waals surface area contributed by atoms with E-state index < -0.39 is 7.82 Å². The highest BCUT2D eigenvalue weighted by Crippen LogP contribution is 2.52. The van der Waals surface area contributed by atoms with Crippen LogP contribution in [0.4, 0.5) is 0 Å². The number of hydrogen-bond donors (Lipinski definition) is 0.